The molecule has 4 aliphatic rings. The number of carbonyl (C=O) groups is 1. The Morgan fingerprint density at radius 3 is 2.71 bits per heavy atom. The number of fused-ring (bicyclic) bond motifs is 3. The smallest absolute Gasteiger partial charge is 0.341 e. The molecule has 8 rings (SSSR count). The fourth-order valence-electron chi connectivity index (χ4n) is 7.13. The second kappa shape index (κ2) is 11.7. The minimum absolute atomic E-state index is 0.0635. The number of nitrogens with zero attached hydrogens (tertiary/aromatic N) is 4. The van der Waals surface area contributed by atoms with E-state index in [0.29, 0.717) is 53.8 Å². The third-order valence-electron chi connectivity index (χ3n) is 9.97. The Hall–Kier alpha value is -5.69. The highest BCUT2D eigenvalue weighted by Gasteiger charge is 2.60. The maximum Gasteiger partial charge on any atom is 0.341 e. The molecule has 0 saturated carbocycles. The summed E-state index contributed by atoms with van der Waals surface area (Å²) in [5.74, 6) is 0.786. The van der Waals surface area contributed by atoms with E-state index in [9.17, 15) is 14.7 Å². The van der Waals surface area contributed by atoms with Gasteiger partial charge >= 0.3 is 5.97 Å². The van der Waals surface area contributed by atoms with Crippen LogP contribution in [-0.4, -0.2) is 62.1 Å². The first-order chi connectivity index (χ1) is 24.3. The zero-order valence-electron chi connectivity index (χ0n) is 28.7. The summed E-state index contributed by atoms with van der Waals surface area (Å²) in [6.07, 6.45) is 5.97. The fourth-order valence-corrected chi connectivity index (χ4v) is 7.13. The molecule has 1 fully saturated rings. The zero-order valence-corrected chi connectivity index (χ0v) is 28.7. The minimum atomic E-state index is -1.15. The number of hydrogen-bond acceptors (Lipinski definition) is 13. The average Bonchev–Trinajstić information content (AvgIpc) is 3.30. The Morgan fingerprint density at radius 2 is 1.90 bits per heavy atom. The molecule has 0 aliphatic carbocycles. The number of phenolic OH excluding ortho intramolecular Hbond substituents is 1. The van der Waals surface area contributed by atoms with Crippen LogP contribution in [0.25, 0.3) is 22.2 Å². The summed E-state index contributed by atoms with van der Waals surface area (Å²) < 4.78 is 23.8. The molecule has 5 N–H and O–H groups in total. The molecule has 3 aromatic heterocycles. The Bertz CT molecular complexity index is 2290. The van der Waals surface area contributed by atoms with E-state index in [1.807, 2.05) is 36.7 Å². The molecule has 7 heterocycles. The van der Waals surface area contributed by atoms with Crippen LogP contribution in [0.1, 0.15) is 49.8 Å². The highest BCUT2D eigenvalue weighted by Crippen LogP contribution is 2.45. The molecule has 4 aromatic rings. The number of ether oxygens (including phenoxy) is 3. The second-order valence-corrected chi connectivity index (χ2v) is 14.3. The van der Waals surface area contributed by atoms with Crippen LogP contribution < -0.4 is 21.6 Å². The number of phenols is 1. The van der Waals surface area contributed by atoms with E-state index in [0.717, 1.165) is 29.1 Å². The first-order valence-corrected chi connectivity index (χ1v) is 16.9. The highest BCUT2D eigenvalue weighted by molar-refractivity contribution is 5.87. The van der Waals surface area contributed by atoms with Gasteiger partial charge in [0.2, 0.25) is 0 Å². The molecule has 51 heavy (non-hydrogen) atoms. The van der Waals surface area contributed by atoms with Crippen molar-refractivity contribution in [2.75, 3.05) is 18.0 Å². The van der Waals surface area contributed by atoms with Gasteiger partial charge in [-0.05, 0) is 76.4 Å². The molecule has 13 nitrogen and oxygen atoms in total. The van der Waals surface area contributed by atoms with Crippen molar-refractivity contribution in [2.24, 2.45) is 4.99 Å². The van der Waals surface area contributed by atoms with E-state index in [-0.39, 0.29) is 34.7 Å². The molecule has 4 aliphatic heterocycles. The van der Waals surface area contributed by atoms with Crippen molar-refractivity contribution < 1.29 is 28.5 Å². The highest BCUT2D eigenvalue weighted by atomic mass is 16.7. The fraction of sp³-hybridized carbons (Fsp3) is 0.342. The lowest BCUT2D eigenvalue weighted by Gasteiger charge is -2.39. The number of esters is 1. The minimum Gasteiger partial charge on any atom is -0.507 e. The van der Waals surface area contributed by atoms with Crippen molar-refractivity contribution in [2.45, 2.75) is 76.9 Å². The predicted octanol–water partition coefficient (Wildman–Crippen LogP) is 4.51. The van der Waals surface area contributed by atoms with E-state index in [1.54, 1.807) is 39.8 Å². The number of pyridine rings is 2. The molecule has 0 spiro atoms. The van der Waals surface area contributed by atoms with Crippen molar-refractivity contribution in [3.63, 3.8) is 0 Å². The van der Waals surface area contributed by atoms with Gasteiger partial charge < -0.3 is 40.1 Å². The van der Waals surface area contributed by atoms with Crippen molar-refractivity contribution >= 4 is 34.8 Å². The maximum atomic E-state index is 13.5. The molecule has 0 bridgehead atoms. The van der Waals surface area contributed by atoms with Crippen LogP contribution in [0.5, 0.6) is 11.5 Å². The van der Waals surface area contributed by atoms with Crippen molar-refractivity contribution in [3.8, 4) is 22.8 Å². The predicted molar refractivity (Wildman–Crippen MR) is 190 cm³/mol. The molecule has 0 amide bonds. The maximum absolute atomic E-state index is 13.5. The van der Waals surface area contributed by atoms with Crippen LogP contribution in [0.15, 0.2) is 74.1 Å². The van der Waals surface area contributed by atoms with Crippen molar-refractivity contribution in [1.29, 1.82) is 0 Å². The summed E-state index contributed by atoms with van der Waals surface area (Å²) in [5.41, 5.74) is 16.0. The number of allylic oxidation sites excluding steroid dienone is 1. The molecule has 13 heteroatoms. The van der Waals surface area contributed by atoms with Crippen LogP contribution in [0.3, 0.4) is 0 Å². The Kier molecular flexibility index (Phi) is 7.45. The van der Waals surface area contributed by atoms with E-state index >= 15 is 0 Å². The average molecular weight is 691 g/mol. The van der Waals surface area contributed by atoms with Gasteiger partial charge in [-0.15, -0.1) is 0 Å². The first-order valence-electron chi connectivity index (χ1n) is 16.9. The molecule has 1 saturated heterocycles. The quantitative estimate of drug-likeness (QED) is 0.173. The number of epoxide rings is 1. The van der Waals surface area contributed by atoms with Gasteiger partial charge in [-0.25, -0.2) is 14.8 Å². The number of anilines is 2. The van der Waals surface area contributed by atoms with Gasteiger partial charge in [-0.2, -0.15) is 0 Å². The Morgan fingerprint density at radius 1 is 1.10 bits per heavy atom. The number of rotatable bonds is 8. The van der Waals surface area contributed by atoms with Crippen LogP contribution in [0.4, 0.5) is 11.6 Å². The van der Waals surface area contributed by atoms with Crippen molar-refractivity contribution in [1.82, 2.24) is 14.9 Å². The van der Waals surface area contributed by atoms with Crippen LogP contribution in [0, 0.1) is 6.92 Å². The number of nitrogen functional groups attached to an aromatic ring is 2. The third-order valence-corrected chi connectivity index (χ3v) is 9.97. The largest absolute Gasteiger partial charge is 0.507 e. The third kappa shape index (κ3) is 5.97. The molecule has 262 valence electrons. The van der Waals surface area contributed by atoms with E-state index in [4.69, 9.17) is 30.1 Å². The van der Waals surface area contributed by atoms with Crippen molar-refractivity contribution in [3.05, 3.63) is 92.7 Å². The number of nitrogens with two attached hydrogens (primary N) is 2. The van der Waals surface area contributed by atoms with Gasteiger partial charge in [0, 0.05) is 54.2 Å². The number of benzene rings is 1. The van der Waals surface area contributed by atoms with E-state index < -0.39 is 23.3 Å². The SMILES string of the molecule is Cc1cc(=O)c2c(O)c3c(cc2o1)OC(C)(C)[C@H](OC(=O)[C@@]1(C)O[C@@H]1CCc1cc(N)nc(-c2cc(N)nc(CN4C=C5N=CC=C5C4)c2)c1)C3. The van der Waals surface area contributed by atoms with Crippen LogP contribution in [-0.2, 0) is 33.7 Å². The van der Waals surface area contributed by atoms with Gasteiger partial charge in [-0.3, -0.25) is 9.79 Å². The lowest BCUT2D eigenvalue weighted by molar-refractivity contribution is -0.167. The van der Waals surface area contributed by atoms with Gasteiger partial charge in [0.1, 0.15) is 51.6 Å². The van der Waals surface area contributed by atoms with Gasteiger partial charge in [0.15, 0.2) is 11.0 Å². The monoisotopic (exact) mass is 690 g/mol. The van der Waals surface area contributed by atoms with Gasteiger partial charge in [-0.1, -0.05) is 0 Å². The molecule has 0 unspecified atom stereocenters. The summed E-state index contributed by atoms with van der Waals surface area (Å²) >= 11 is 0. The molecule has 0 radical (unpaired) electrons. The molecular formula is C38H38N6O7. The zero-order chi connectivity index (χ0) is 35.8. The molecule has 1 aromatic carbocycles. The van der Waals surface area contributed by atoms with Crippen LogP contribution in [0.2, 0.25) is 0 Å². The van der Waals surface area contributed by atoms with E-state index in [2.05, 4.69) is 19.9 Å². The number of aromatic nitrogens is 2. The normalized spacial score (nSPS) is 22.6. The summed E-state index contributed by atoms with van der Waals surface area (Å²) in [4.78, 5) is 41.8. The summed E-state index contributed by atoms with van der Waals surface area (Å²) in [5, 5.41) is 11.1. The lowest BCUT2D eigenvalue weighted by Crippen LogP contribution is -2.50. The Labute approximate surface area is 293 Å². The number of aliphatic imine (C=N–C) groups is 1. The summed E-state index contributed by atoms with van der Waals surface area (Å²) in [6, 6.07) is 10.5. The number of carbonyl (C=O) groups excluding carboxylic acids is 1. The first kappa shape index (κ1) is 32.5. The lowest BCUT2D eigenvalue weighted by atomic mass is 9.89. The van der Waals surface area contributed by atoms with Gasteiger partial charge in [0.25, 0.3) is 0 Å². The topological polar surface area (TPSA) is 192 Å². The van der Waals surface area contributed by atoms with E-state index in [1.165, 1.54) is 11.6 Å². The second-order valence-electron chi connectivity index (χ2n) is 14.3. The van der Waals surface area contributed by atoms with Crippen LogP contribution >= 0.6 is 0 Å². The molecule has 3 atom stereocenters. The number of aromatic hydroxyl groups is 1. The number of hydrogen-bond donors (Lipinski definition) is 3. The molecular weight excluding hydrogens is 652 g/mol. The summed E-state index contributed by atoms with van der Waals surface area (Å²) in [7, 11) is 0. The van der Waals surface area contributed by atoms with Gasteiger partial charge in [0.05, 0.1) is 29.7 Å². The number of aryl methyl sites for hydroxylation is 2. The standard InChI is InChI=1S/C38H38N6O7/c1-19-9-27(45)34-29(48-19)15-28-24(35(34)46)14-31(37(2,3)50-28)49-36(47)38(4)30(51-38)6-5-20-10-25(43-32(39)11-20)22-12-23(42-33(40)13-22)17-44-16-21-7-8-41-26(21)18-44/h7-13,15,18,30-31,46H,5-6,14,16-17H2,1-4H3,(H2,39,43)(H2,40,42)/t30-,31-,38+/m1/s1. The summed E-state index contributed by atoms with van der Waals surface area (Å²) in [6.45, 7) is 8.32. The Balaban J connectivity index is 0.934.